The highest BCUT2D eigenvalue weighted by Crippen LogP contribution is 2.33. The zero-order valence-corrected chi connectivity index (χ0v) is 20.7. The summed E-state index contributed by atoms with van der Waals surface area (Å²) in [5, 5.41) is 18.7. The van der Waals surface area contributed by atoms with Crippen LogP contribution in [0, 0.1) is 5.92 Å². The number of rotatable bonds is 6. The molecule has 2 amide bonds. The number of hydrogen-bond donors (Lipinski definition) is 2. The first-order chi connectivity index (χ1) is 18.4. The number of fused-ring (bicyclic) bond motifs is 1. The maximum atomic E-state index is 13.2. The fourth-order valence-corrected chi connectivity index (χ4v) is 4.84. The summed E-state index contributed by atoms with van der Waals surface area (Å²) in [5.41, 5.74) is 0.771. The summed E-state index contributed by atoms with van der Waals surface area (Å²) in [6, 6.07) is 10.4. The molecule has 0 bridgehead atoms. The van der Waals surface area contributed by atoms with Crippen LogP contribution >= 0.6 is 0 Å². The largest absolute Gasteiger partial charge is 0.388 e. The third kappa shape index (κ3) is 4.68. The molecule has 0 unspecified atom stereocenters. The van der Waals surface area contributed by atoms with E-state index in [1.165, 1.54) is 23.3 Å². The number of carbonyl (C=O) groups excluding carboxylic acids is 2. The van der Waals surface area contributed by atoms with Gasteiger partial charge in [0.15, 0.2) is 5.65 Å². The molecule has 6 rings (SSSR count). The lowest BCUT2D eigenvalue weighted by molar-refractivity contribution is -0.137. The molecular formula is C27H27N7O4. The fraction of sp³-hybridized carbons (Fsp3) is 0.333. The van der Waals surface area contributed by atoms with Crippen molar-refractivity contribution in [2.75, 3.05) is 18.4 Å². The van der Waals surface area contributed by atoms with Gasteiger partial charge < -0.3 is 15.3 Å². The standard InChI is InChI=1S/C27H27N7O4/c35-24(19-2-1-11-28-14-19)31-20-5-7-21(8-6-20)34-23-22(15-30-34)26(37)33(17-29-23)16-27(38)9-12-32(13-10-27)25(36)18-3-4-18/h1-2,5-8,11,14-15,17-18,38H,3-4,9-10,12-13,16H2,(H,31,35). The van der Waals surface area contributed by atoms with Gasteiger partial charge >= 0.3 is 0 Å². The maximum absolute atomic E-state index is 13.2. The zero-order chi connectivity index (χ0) is 26.3. The number of benzene rings is 1. The summed E-state index contributed by atoms with van der Waals surface area (Å²) in [6.45, 7) is 1.09. The van der Waals surface area contributed by atoms with Crippen molar-refractivity contribution in [3.63, 3.8) is 0 Å². The van der Waals surface area contributed by atoms with Crippen molar-refractivity contribution in [3.8, 4) is 5.69 Å². The van der Waals surface area contributed by atoms with E-state index in [2.05, 4.69) is 20.4 Å². The Hall–Kier alpha value is -4.38. The molecule has 2 aliphatic rings. The van der Waals surface area contributed by atoms with Crippen LogP contribution in [0.3, 0.4) is 0 Å². The van der Waals surface area contributed by atoms with Gasteiger partial charge in [-0.2, -0.15) is 5.10 Å². The van der Waals surface area contributed by atoms with E-state index in [4.69, 9.17) is 0 Å². The summed E-state index contributed by atoms with van der Waals surface area (Å²) >= 11 is 0. The van der Waals surface area contributed by atoms with Crippen LogP contribution < -0.4 is 10.9 Å². The van der Waals surface area contributed by atoms with Gasteiger partial charge in [-0.05, 0) is 62.1 Å². The molecule has 0 atom stereocenters. The normalized spacial score (nSPS) is 16.9. The number of anilines is 1. The molecule has 1 aliphatic carbocycles. The molecule has 1 saturated carbocycles. The van der Waals surface area contributed by atoms with E-state index in [0.717, 1.165) is 12.8 Å². The molecular weight excluding hydrogens is 486 g/mol. The van der Waals surface area contributed by atoms with Gasteiger partial charge in [-0.1, -0.05) is 0 Å². The van der Waals surface area contributed by atoms with Crippen LogP contribution in [0.15, 0.2) is 66.1 Å². The zero-order valence-electron chi connectivity index (χ0n) is 20.7. The lowest BCUT2D eigenvalue weighted by Crippen LogP contribution is -2.50. The summed E-state index contributed by atoms with van der Waals surface area (Å²) in [6.07, 6.45) is 8.76. The van der Waals surface area contributed by atoms with Crippen LogP contribution in [0.4, 0.5) is 5.69 Å². The van der Waals surface area contributed by atoms with Crippen molar-refractivity contribution in [1.82, 2.24) is 29.2 Å². The second-order valence-corrected chi connectivity index (χ2v) is 10.0. The van der Waals surface area contributed by atoms with E-state index in [-0.39, 0.29) is 29.8 Å². The van der Waals surface area contributed by atoms with Crippen LogP contribution in [0.2, 0.25) is 0 Å². The molecule has 4 aromatic rings. The number of piperidine rings is 1. The first-order valence-electron chi connectivity index (χ1n) is 12.7. The van der Waals surface area contributed by atoms with Crippen LogP contribution in [0.25, 0.3) is 16.7 Å². The Labute approximate surface area is 217 Å². The van der Waals surface area contributed by atoms with Gasteiger partial charge in [-0.25, -0.2) is 9.67 Å². The number of amides is 2. The summed E-state index contributed by atoms with van der Waals surface area (Å²) in [7, 11) is 0. The third-order valence-electron chi connectivity index (χ3n) is 7.25. The molecule has 1 saturated heterocycles. The van der Waals surface area contributed by atoms with E-state index in [1.807, 2.05) is 4.90 Å². The minimum Gasteiger partial charge on any atom is -0.388 e. The van der Waals surface area contributed by atoms with Gasteiger partial charge in [-0.15, -0.1) is 0 Å². The number of likely N-dealkylation sites (tertiary alicyclic amines) is 1. The summed E-state index contributed by atoms with van der Waals surface area (Å²) in [5.74, 6) is 0.0804. The molecule has 2 N–H and O–H groups in total. The number of aromatic nitrogens is 5. The Morgan fingerprint density at radius 1 is 1.08 bits per heavy atom. The molecule has 1 aromatic carbocycles. The van der Waals surface area contributed by atoms with Crippen molar-refractivity contribution in [2.45, 2.75) is 37.8 Å². The molecule has 1 aliphatic heterocycles. The number of pyridine rings is 1. The molecule has 4 heterocycles. The highest BCUT2D eigenvalue weighted by atomic mass is 16.3. The lowest BCUT2D eigenvalue weighted by Gasteiger charge is -2.38. The Morgan fingerprint density at radius 3 is 2.53 bits per heavy atom. The van der Waals surface area contributed by atoms with Crippen LogP contribution in [0.5, 0.6) is 0 Å². The van der Waals surface area contributed by atoms with Crippen LogP contribution in [-0.4, -0.2) is 64.8 Å². The SMILES string of the molecule is O=C(Nc1ccc(-n2ncc3c(=O)n(CC4(O)CCN(C(=O)C5CC5)CC4)cnc32)cc1)c1cccnc1. The first-order valence-corrected chi connectivity index (χ1v) is 12.7. The average Bonchev–Trinajstić information content (AvgIpc) is 3.70. The van der Waals surface area contributed by atoms with Crippen LogP contribution in [0.1, 0.15) is 36.0 Å². The molecule has 11 heteroatoms. The van der Waals surface area contributed by atoms with Gasteiger partial charge in [0, 0.05) is 37.1 Å². The van der Waals surface area contributed by atoms with Crippen LogP contribution in [-0.2, 0) is 11.3 Å². The smallest absolute Gasteiger partial charge is 0.264 e. The molecule has 194 valence electrons. The van der Waals surface area contributed by atoms with Gasteiger partial charge in [0.25, 0.3) is 11.5 Å². The van der Waals surface area contributed by atoms with Crippen molar-refractivity contribution in [2.24, 2.45) is 5.92 Å². The van der Waals surface area contributed by atoms with E-state index >= 15 is 0 Å². The van der Waals surface area contributed by atoms with E-state index < -0.39 is 5.60 Å². The number of nitrogens with zero attached hydrogens (tertiary/aromatic N) is 6. The molecule has 3 aromatic heterocycles. The quantitative estimate of drug-likeness (QED) is 0.403. The topological polar surface area (TPSA) is 135 Å². The monoisotopic (exact) mass is 513 g/mol. The van der Waals surface area contributed by atoms with Gasteiger partial charge in [-0.3, -0.25) is 23.9 Å². The molecule has 0 spiro atoms. The van der Waals surface area contributed by atoms with Crippen molar-refractivity contribution >= 4 is 28.5 Å². The predicted octanol–water partition coefficient (Wildman–Crippen LogP) is 1.99. The average molecular weight is 514 g/mol. The minimum atomic E-state index is -1.08. The van der Waals surface area contributed by atoms with E-state index in [1.54, 1.807) is 47.3 Å². The lowest BCUT2D eigenvalue weighted by atomic mass is 9.91. The second-order valence-electron chi connectivity index (χ2n) is 10.0. The number of nitrogens with one attached hydrogen (secondary N) is 1. The predicted molar refractivity (Wildman–Crippen MR) is 139 cm³/mol. The first kappa shape index (κ1) is 24.0. The Bertz CT molecular complexity index is 1550. The molecule has 38 heavy (non-hydrogen) atoms. The third-order valence-corrected chi connectivity index (χ3v) is 7.25. The minimum absolute atomic E-state index is 0.108. The number of carbonyl (C=O) groups is 2. The Kier molecular flexibility index (Phi) is 5.99. The molecule has 11 nitrogen and oxygen atoms in total. The van der Waals surface area contributed by atoms with Gasteiger partial charge in [0.2, 0.25) is 5.91 Å². The summed E-state index contributed by atoms with van der Waals surface area (Å²) < 4.78 is 2.98. The summed E-state index contributed by atoms with van der Waals surface area (Å²) in [4.78, 5) is 48.2. The van der Waals surface area contributed by atoms with Crippen molar-refractivity contribution < 1.29 is 14.7 Å². The van der Waals surface area contributed by atoms with E-state index in [9.17, 15) is 19.5 Å². The molecule has 2 fully saturated rings. The highest BCUT2D eigenvalue weighted by Gasteiger charge is 2.39. The van der Waals surface area contributed by atoms with Gasteiger partial charge in [0.05, 0.1) is 29.6 Å². The molecule has 0 radical (unpaired) electrons. The highest BCUT2D eigenvalue weighted by molar-refractivity contribution is 6.04. The fourth-order valence-electron chi connectivity index (χ4n) is 4.84. The number of aliphatic hydroxyl groups is 1. The Morgan fingerprint density at radius 2 is 1.84 bits per heavy atom. The second kappa shape index (κ2) is 9.49. The maximum Gasteiger partial charge on any atom is 0.264 e. The number of hydrogen-bond acceptors (Lipinski definition) is 7. The van der Waals surface area contributed by atoms with Gasteiger partial charge in [0.1, 0.15) is 11.7 Å². The Balaban J connectivity index is 1.16. The van der Waals surface area contributed by atoms with Crippen molar-refractivity contribution in [3.05, 3.63) is 77.2 Å². The van der Waals surface area contributed by atoms with Crippen molar-refractivity contribution in [1.29, 1.82) is 0 Å². The van der Waals surface area contributed by atoms with E-state index in [0.29, 0.717) is 53.9 Å².